The first-order chi connectivity index (χ1) is 12.7. The molecule has 2 N–H and O–H groups in total. The van der Waals surface area contributed by atoms with E-state index in [4.69, 9.17) is 10.00 Å². The van der Waals surface area contributed by atoms with Crippen LogP contribution >= 0.6 is 0 Å². The van der Waals surface area contributed by atoms with Crippen LogP contribution in [0.25, 0.3) is 0 Å². The van der Waals surface area contributed by atoms with Gasteiger partial charge in [0.05, 0.1) is 18.4 Å². The van der Waals surface area contributed by atoms with Crippen molar-refractivity contribution >= 4 is 23.1 Å². The molecule has 1 heterocycles. The molecule has 7 heteroatoms. The molecule has 0 bridgehead atoms. The number of hydrogen-bond acceptors (Lipinski definition) is 6. The minimum atomic E-state index is -0.380. The molecule has 3 aromatic rings. The highest BCUT2D eigenvalue weighted by atomic mass is 16.5. The highest BCUT2D eigenvalue weighted by Crippen LogP contribution is 2.19. The van der Waals surface area contributed by atoms with Crippen molar-refractivity contribution in [3.8, 4) is 11.8 Å². The van der Waals surface area contributed by atoms with Crippen molar-refractivity contribution in [1.82, 2.24) is 10.2 Å². The van der Waals surface area contributed by atoms with E-state index in [9.17, 15) is 4.79 Å². The Bertz CT molecular complexity index is 964. The summed E-state index contributed by atoms with van der Waals surface area (Å²) in [5, 5.41) is 22.8. The zero-order valence-electron chi connectivity index (χ0n) is 13.9. The zero-order valence-corrected chi connectivity index (χ0v) is 13.9. The Labute approximate surface area is 150 Å². The van der Waals surface area contributed by atoms with E-state index in [0.29, 0.717) is 28.5 Å². The van der Waals surface area contributed by atoms with Crippen LogP contribution in [0.1, 0.15) is 16.1 Å². The average Bonchev–Trinajstić information content (AvgIpc) is 2.69. The number of aromatic nitrogens is 2. The monoisotopic (exact) mass is 345 g/mol. The molecule has 1 amide bonds. The van der Waals surface area contributed by atoms with Crippen LogP contribution in [0, 0.1) is 11.3 Å². The maximum Gasteiger partial charge on any atom is 0.276 e. The maximum atomic E-state index is 12.3. The SMILES string of the molecule is COc1cccc(NC(=O)c2ccc(Nc3ccccc3C#N)nn2)c1. The summed E-state index contributed by atoms with van der Waals surface area (Å²) in [7, 11) is 1.56. The van der Waals surface area contributed by atoms with Crippen molar-refractivity contribution in [3.05, 3.63) is 71.9 Å². The Morgan fingerprint density at radius 1 is 1.08 bits per heavy atom. The van der Waals surface area contributed by atoms with Gasteiger partial charge in [0, 0.05) is 11.8 Å². The van der Waals surface area contributed by atoms with Crippen molar-refractivity contribution in [3.63, 3.8) is 0 Å². The Balaban J connectivity index is 1.70. The molecule has 0 atom stereocenters. The molecule has 0 aliphatic heterocycles. The molecule has 0 saturated carbocycles. The van der Waals surface area contributed by atoms with Crippen molar-refractivity contribution < 1.29 is 9.53 Å². The molecule has 128 valence electrons. The number of rotatable bonds is 5. The summed E-state index contributed by atoms with van der Waals surface area (Å²) >= 11 is 0. The van der Waals surface area contributed by atoms with Crippen LogP contribution < -0.4 is 15.4 Å². The van der Waals surface area contributed by atoms with Gasteiger partial charge in [-0.2, -0.15) is 5.26 Å². The Morgan fingerprint density at radius 3 is 2.65 bits per heavy atom. The van der Waals surface area contributed by atoms with Gasteiger partial charge in [-0.3, -0.25) is 4.79 Å². The molecule has 0 fully saturated rings. The lowest BCUT2D eigenvalue weighted by atomic mass is 10.2. The number of carbonyl (C=O) groups excluding carboxylic acids is 1. The van der Waals surface area contributed by atoms with Crippen LogP contribution in [0.2, 0.25) is 0 Å². The van der Waals surface area contributed by atoms with Crippen LogP contribution in [0.15, 0.2) is 60.7 Å². The van der Waals surface area contributed by atoms with Crippen molar-refractivity contribution in [2.24, 2.45) is 0 Å². The van der Waals surface area contributed by atoms with Crippen LogP contribution in [0.5, 0.6) is 5.75 Å². The number of benzene rings is 2. The topological polar surface area (TPSA) is 99.9 Å². The molecule has 0 spiro atoms. The second-order valence-corrected chi connectivity index (χ2v) is 5.27. The lowest BCUT2D eigenvalue weighted by Crippen LogP contribution is -2.14. The van der Waals surface area contributed by atoms with Crippen molar-refractivity contribution in [2.75, 3.05) is 17.7 Å². The molecule has 0 radical (unpaired) electrons. The molecule has 7 nitrogen and oxygen atoms in total. The summed E-state index contributed by atoms with van der Waals surface area (Å²) in [5.41, 5.74) is 1.89. The Hall–Kier alpha value is -3.92. The maximum absolute atomic E-state index is 12.3. The van der Waals surface area contributed by atoms with Crippen molar-refractivity contribution in [1.29, 1.82) is 5.26 Å². The van der Waals surface area contributed by atoms with E-state index >= 15 is 0 Å². The van der Waals surface area contributed by atoms with E-state index in [1.54, 1.807) is 61.7 Å². The number of para-hydroxylation sites is 1. The highest BCUT2D eigenvalue weighted by molar-refractivity contribution is 6.02. The average molecular weight is 345 g/mol. The highest BCUT2D eigenvalue weighted by Gasteiger charge is 2.10. The molecule has 0 unspecified atom stereocenters. The molecule has 0 aliphatic rings. The first kappa shape index (κ1) is 16.9. The lowest BCUT2D eigenvalue weighted by molar-refractivity contribution is 0.102. The van der Waals surface area contributed by atoms with E-state index in [1.807, 2.05) is 6.07 Å². The zero-order chi connectivity index (χ0) is 18.4. The standard InChI is InChI=1S/C19H15N5O2/c1-26-15-7-4-6-14(11-15)21-19(25)17-9-10-18(24-23-17)22-16-8-3-2-5-13(16)12-20/h2-11H,1H3,(H,21,25)(H,22,24). The van der Waals surface area contributed by atoms with Crippen molar-refractivity contribution in [2.45, 2.75) is 0 Å². The Morgan fingerprint density at radius 2 is 1.92 bits per heavy atom. The van der Waals surface area contributed by atoms with Gasteiger partial charge in [-0.25, -0.2) is 0 Å². The van der Waals surface area contributed by atoms with E-state index in [0.717, 1.165) is 0 Å². The van der Waals surface area contributed by atoms with Gasteiger partial charge in [-0.05, 0) is 36.4 Å². The lowest BCUT2D eigenvalue weighted by Gasteiger charge is -2.08. The van der Waals surface area contributed by atoms with Crippen LogP contribution in [0.3, 0.4) is 0 Å². The van der Waals surface area contributed by atoms with Gasteiger partial charge in [0.15, 0.2) is 11.5 Å². The molecule has 1 aromatic heterocycles. The Kier molecular flexibility index (Phi) is 5.05. The third-order valence-corrected chi connectivity index (χ3v) is 3.54. The molecule has 0 aliphatic carbocycles. The number of nitriles is 1. The van der Waals surface area contributed by atoms with Crippen LogP contribution in [-0.4, -0.2) is 23.2 Å². The summed E-state index contributed by atoms with van der Waals surface area (Å²) in [6.07, 6.45) is 0. The predicted octanol–water partition coefficient (Wildman–Crippen LogP) is 3.35. The van der Waals surface area contributed by atoms with Gasteiger partial charge < -0.3 is 15.4 Å². The number of nitrogens with zero attached hydrogens (tertiary/aromatic N) is 3. The van der Waals surface area contributed by atoms with E-state index in [-0.39, 0.29) is 11.6 Å². The summed E-state index contributed by atoms with van der Waals surface area (Å²) < 4.78 is 5.12. The first-order valence-corrected chi connectivity index (χ1v) is 7.75. The largest absolute Gasteiger partial charge is 0.497 e. The molecular weight excluding hydrogens is 330 g/mol. The first-order valence-electron chi connectivity index (χ1n) is 7.75. The third kappa shape index (κ3) is 3.94. The van der Waals surface area contributed by atoms with Gasteiger partial charge in [-0.1, -0.05) is 18.2 Å². The predicted molar refractivity (Wildman–Crippen MR) is 97.4 cm³/mol. The molecular formula is C19H15N5O2. The quantitative estimate of drug-likeness (QED) is 0.735. The molecule has 3 rings (SSSR count). The van der Waals surface area contributed by atoms with E-state index in [2.05, 4.69) is 26.9 Å². The fourth-order valence-corrected chi connectivity index (χ4v) is 2.24. The fourth-order valence-electron chi connectivity index (χ4n) is 2.24. The number of hydrogen-bond donors (Lipinski definition) is 2. The number of amides is 1. The van der Waals surface area contributed by atoms with Gasteiger partial charge in [0.1, 0.15) is 11.8 Å². The van der Waals surface area contributed by atoms with Crippen LogP contribution in [0.4, 0.5) is 17.2 Å². The fraction of sp³-hybridized carbons (Fsp3) is 0.0526. The number of ether oxygens (including phenoxy) is 1. The van der Waals surface area contributed by atoms with Gasteiger partial charge in [0.2, 0.25) is 0 Å². The summed E-state index contributed by atoms with van der Waals surface area (Å²) in [6.45, 7) is 0. The van der Waals surface area contributed by atoms with Gasteiger partial charge >= 0.3 is 0 Å². The number of nitrogens with one attached hydrogen (secondary N) is 2. The summed E-state index contributed by atoms with van der Waals surface area (Å²) in [5.74, 6) is 0.699. The van der Waals surface area contributed by atoms with Gasteiger partial charge in [-0.15, -0.1) is 10.2 Å². The second kappa shape index (κ2) is 7.77. The van der Waals surface area contributed by atoms with E-state index < -0.39 is 0 Å². The van der Waals surface area contributed by atoms with E-state index in [1.165, 1.54) is 0 Å². The molecule has 2 aromatic carbocycles. The molecule has 0 saturated heterocycles. The smallest absolute Gasteiger partial charge is 0.276 e. The normalized spacial score (nSPS) is 9.85. The number of methoxy groups -OCH3 is 1. The third-order valence-electron chi connectivity index (χ3n) is 3.54. The second-order valence-electron chi connectivity index (χ2n) is 5.27. The summed E-state index contributed by atoms with van der Waals surface area (Å²) in [4.78, 5) is 12.3. The van der Waals surface area contributed by atoms with Gasteiger partial charge in [0.25, 0.3) is 5.91 Å². The minimum Gasteiger partial charge on any atom is -0.497 e. The van der Waals surface area contributed by atoms with Crippen LogP contribution in [-0.2, 0) is 0 Å². The number of anilines is 3. The molecule has 26 heavy (non-hydrogen) atoms. The minimum absolute atomic E-state index is 0.173. The number of carbonyl (C=O) groups is 1. The summed E-state index contributed by atoms with van der Waals surface area (Å²) in [6, 6.07) is 19.4.